The van der Waals surface area contributed by atoms with Gasteiger partial charge in [0.1, 0.15) is 11.8 Å². The van der Waals surface area contributed by atoms with Crippen LogP contribution in [0.5, 0.6) is 5.75 Å². The first-order chi connectivity index (χ1) is 13.3. The van der Waals surface area contributed by atoms with E-state index in [-0.39, 0.29) is 25.0 Å². The standard InChI is InChI=1S/C21H24Cl2N2O3/c1-4-24-21(27)15(3)25(12-16-5-7-17(22)8-6-16)20(26)13-28-18-9-10-19(23)14(2)11-18/h5-11,15H,4,12-13H2,1-3H3,(H,24,27)/t15-/m1/s1. The lowest BCUT2D eigenvalue weighted by Crippen LogP contribution is -2.49. The van der Waals surface area contributed by atoms with Crippen molar-refractivity contribution in [1.29, 1.82) is 0 Å². The predicted molar refractivity (Wildman–Crippen MR) is 112 cm³/mol. The number of aryl methyl sites for hydroxylation is 1. The van der Waals surface area contributed by atoms with E-state index in [1.54, 1.807) is 37.3 Å². The van der Waals surface area contributed by atoms with Crippen LogP contribution in [0.2, 0.25) is 10.0 Å². The molecule has 5 nitrogen and oxygen atoms in total. The highest BCUT2D eigenvalue weighted by atomic mass is 35.5. The molecule has 0 bridgehead atoms. The van der Waals surface area contributed by atoms with E-state index in [9.17, 15) is 9.59 Å². The van der Waals surface area contributed by atoms with Crippen LogP contribution in [-0.4, -0.2) is 35.9 Å². The Bertz CT molecular complexity index is 825. The number of rotatable bonds is 8. The third kappa shape index (κ3) is 6.14. The van der Waals surface area contributed by atoms with Crippen LogP contribution in [0.1, 0.15) is 25.0 Å². The average Bonchev–Trinajstić information content (AvgIpc) is 2.68. The molecule has 2 rings (SSSR count). The van der Waals surface area contributed by atoms with Crippen molar-refractivity contribution < 1.29 is 14.3 Å². The molecular weight excluding hydrogens is 399 g/mol. The molecule has 0 spiro atoms. The minimum Gasteiger partial charge on any atom is -0.484 e. The van der Waals surface area contributed by atoms with E-state index in [2.05, 4.69) is 5.32 Å². The number of carbonyl (C=O) groups excluding carboxylic acids is 2. The van der Waals surface area contributed by atoms with Crippen molar-refractivity contribution in [2.45, 2.75) is 33.4 Å². The zero-order chi connectivity index (χ0) is 20.7. The van der Waals surface area contributed by atoms with E-state index in [1.807, 2.05) is 26.0 Å². The van der Waals surface area contributed by atoms with Crippen LogP contribution >= 0.6 is 23.2 Å². The minimum absolute atomic E-state index is 0.182. The largest absolute Gasteiger partial charge is 0.484 e. The van der Waals surface area contributed by atoms with Gasteiger partial charge in [0.15, 0.2) is 6.61 Å². The summed E-state index contributed by atoms with van der Waals surface area (Å²) in [6.07, 6.45) is 0. The second-order valence-corrected chi connectivity index (χ2v) is 7.26. The van der Waals surface area contributed by atoms with Crippen LogP contribution in [0.15, 0.2) is 42.5 Å². The van der Waals surface area contributed by atoms with Gasteiger partial charge in [0.05, 0.1) is 0 Å². The Morgan fingerprint density at radius 1 is 1.14 bits per heavy atom. The van der Waals surface area contributed by atoms with Crippen LogP contribution < -0.4 is 10.1 Å². The molecule has 2 aromatic rings. The van der Waals surface area contributed by atoms with E-state index >= 15 is 0 Å². The highest BCUT2D eigenvalue weighted by Crippen LogP contribution is 2.21. The molecule has 0 saturated heterocycles. The Morgan fingerprint density at radius 2 is 1.82 bits per heavy atom. The second kappa shape index (κ2) is 10.3. The number of hydrogen-bond donors (Lipinski definition) is 1. The molecule has 0 aromatic heterocycles. The molecule has 0 radical (unpaired) electrons. The fourth-order valence-corrected chi connectivity index (χ4v) is 2.87. The summed E-state index contributed by atoms with van der Waals surface area (Å²) < 4.78 is 5.63. The molecule has 0 heterocycles. The molecule has 28 heavy (non-hydrogen) atoms. The summed E-state index contributed by atoms with van der Waals surface area (Å²) in [5.74, 6) is 0.0424. The summed E-state index contributed by atoms with van der Waals surface area (Å²) >= 11 is 11.9. The van der Waals surface area contributed by atoms with Crippen LogP contribution in [0.4, 0.5) is 0 Å². The van der Waals surface area contributed by atoms with Crippen molar-refractivity contribution in [2.75, 3.05) is 13.2 Å². The predicted octanol–water partition coefficient (Wildman–Crippen LogP) is 4.23. The Labute approximate surface area is 175 Å². The van der Waals surface area contributed by atoms with Gasteiger partial charge in [-0.15, -0.1) is 0 Å². The first-order valence-corrected chi connectivity index (χ1v) is 9.78. The number of amides is 2. The van der Waals surface area contributed by atoms with Gasteiger partial charge in [-0.2, -0.15) is 0 Å². The summed E-state index contributed by atoms with van der Waals surface area (Å²) in [5, 5.41) is 4.00. The molecule has 0 saturated carbocycles. The number of carbonyl (C=O) groups is 2. The van der Waals surface area contributed by atoms with Crippen molar-refractivity contribution in [2.24, 2.45) is 0 Å². The number of hydrogen-bond acceptors (Lipinski definition) is 3. The summed E-state index contributed by atoms with van der Waals surface area (Å²) in [4.78, 5) is 26.7. The van der Waals surface area contributed by atoms with E-state index in [0.29, 0.717) is 22.3 Å². The number of likely N-dealkylation sites (N-methyl/N-ethyl adjacent to an activating group) is 1. The molecule has 0 unspecified atom stereocenters. The highest BCUT2D eigenvalue weighted by Gasteiger charge is 2.26. The summed E-state index contributed by atoms with van der Waals surface area (Å²) in [5.41, 5.74) is 1.73. The summed E-state index contributed by atoms with van der Waals surface area (Å²) in [6.45, 7) is 5.98. The fraction of sp³-hybridized carbons (Fsp3) is 0.333. The third-order valence-corrected chi connectivity index (χ3v) is 4.95. The van der Waals surface area contributed by atoms with Crippen LogP contribution in [-0.2, 0) is 16.1 Å². The van der Waals surface area contributed by atoms with Crippen LogP contribution in [0.3, 0.4) is 0 Å². The van der Waals surface area contributed by atoms with Gasteiger partial charge >= 0.3 is 0 Å². The van der Waals surface area contributed by atoms with Gasteiger partial charge in [-0.25, -0.2) is 0 Å². The van der Waals surface area contributed by atoms with Crippen LogP contribution in [0.25, 0.3) is 0 Å². The average molecular weight is 423 g/mol. The van der Waals surface area contributed by atoms with Crippen molar-refractivity contribution >= 4 is 35.0 Å². The van der Waals surface area contributed by atoms with E-state index in [4.69, 9.17) is 27.9 Å². The van der Waals surface area contributed by atoms with Gasteiger partial charge in [0.2, 0.25) is 5.91 Å². The molecule has 2 aromatic carbocycles. The molecule has 0 fully saturated rings. The highest BCUT2D eigenvalue weighted by molar-refractivity contribution is 6.31. The van der Waals surface area contributed by atoms with Gasteiger partial charge < -0.3 is 15.0 Å². The maximum atomic E-state index is 12.9. The summed E-state index contributed by atoms with van der Waals surface area (Å²) in [7, 11) is 0. The number of halogens is 2. The van der Waals surface area contributed by atoms with E-state index in [0.717, 1.165) is 11.1 Å². The molecular formula is C21H24Cl2N2O3. The summed E-state index contributed by atoms with van der Waals surface area (Å²) in [6, 6.07) is 11.7. The molecule has 0 aliphatic carbocycles. The quantitative estimate of drug-likeness (QED) is 0.691. The first-order valence-electron chi connectivity index (χ1n) is 9.02. The van der Waals surface area contributed by atoms with Gasteiger partial charge in [0, 0.05) is 23.1 Å². The van der Waals surface area contributed by atoms with Gasteiger partial charge in [0.25, 0.3) is 5.91 Å². The maximum absolute atomic E-state index is 12.9. The Kier molecular flexibility index (Phi) is 8.15. The van der Waals surface area contributed by atoms with E-state index < -0.39 is 6.04 Å². The number of ether oxygens (including phenoxy) is 1. The molecule has 1 atom stereocenters. The normalized spacial score (nSPS) is 11.6. The van der Waals surface area contributed by atoms with Crippen molar-refractivity contribution in [3.63, 3.8) is 0 Å². The lowest BCUT2D eigenvalue weighted by molar-refractivity contribution is -0.142. The Hall–Kier alpha value is -2.24. The first kappa shape index (κ1) is 22.1. The maximum Gasteiger partial charge on any atom is 0.261 e. The lowest BCUT2D eigenvalue weighted by atomic mass is 10.1. The Balaban J connectivity index is 2.13. The fourth-order valence-electron chi connectivity index (χ4n) is 2.63. The molecule has 7 heteroatoms. The zero-order valence-electron chi connectivity index (χ0n) is 16.2. The molecule has 0 aliphatic heterocycles. The monoisotopic (exact) mass is 422 g/mol. The SMILES string of the molecule is CCNC(=O)[C@@H](C)N(Cc1ccc(Cl)cc1)C(=O)COc1ccc(Cl)c(C)c1. The van der Waals surface area contributed by atoms with Gasteiger partial charge in [-0.3, -0.25) is 9.59 Å². The van der Waals surface area contributed by atoms with E-state index in [1.165, 1.54) is 4.90 Å². The third-order valence-electron chi connectivity index (χ3n) is 4.28. The van der Waals surface area contributed by atoms with Gasteiger partial charge in [-0.1, -0.05) is 35.3 Å². The lowest BCUT2D eigenvalue weighted by Gasteiger charge is -2.28. The number of benzene rings is 2. The van der Waals surface area contributed by atoms with Crippen molar-refractivity contribution in [3.8, 4) is 5.75 Å². The molecule has 1 N–H and O–H groups in total. The van der Waals surface area contributed by atoms with Crippen LogP contribution in [0, 0.1) is 6.92 Å². The van der Waals surface area contributed by atoms with Crippen molar-refractivity contribution in [1.82, 2.24) is 10.2 Å². The minimum atomic E-state index is -0.640. The van der Waals surface area contributed by atoms with Crippen molar-refractivity contribution in [3.05, 3.63) is 63.6 Å². The second-order valence-electron chi connectivity index (χ2n) is 6.42. The molecule has 2 amide bonds. The number of nitrogens with one attached hydrogen (secondary N) is 1. The number of nitrogens with zero attached hydrogens (tertiary/aromatic N) is 1. The molecule has 0 aliphatic rings. The Morgan fingerprint density at radius 3 is 2.43 bits per heavy atom. The van der Waals surface area contributed by atoms with Gasteiger partial charge in [-0.05, 0) is 62.2 Å². The zero-order valence-corrected chi connectivity index (χ0v) is 17.7. The molecule has 150 valence electrons. The smallest absolute Gasteiger partial charge is 0.261 e. The topological polar surface area (TPSA) is 58.6 Å².